The standard InChI is InChI=1S/C36H42N4O6/c1-36(2,3)46-35(44)38(4)19-11-20-40-32-26(15-9-16-28(32)29-22-37-39(5)30(29)23-41)27(33(40)34(42)43)17-10-21-45-31-18-8-13-24-12-6-7-14-25(24)31/h6-9,12-16,18,22,41H,10-11,17,19-21,23H2,1-5H3,(H,42,43). The number of aromatic carboxylic acids is 1. The van der Waals surface area contributed by atoms with Crippen LogP contribution in [0.2, 0.25) is 0 Å². The van der Waals surface area contributed by atoms with Crippen LogP contribution in [-0.4, -0.2) is 67.3 Å². The predicted molar refractivity (Wildman–Crippen MR) is 178 cm³/mol. The van der Waals surface area contributed by atoms with Crippen molar-refractivity contribution < 1.29 is 29.3 Å². The van der Waals surface area contributed by atoms with Crippen LogP contribution in [0.25, 0.3) is 32.8 Å². The topological polar surface area (TPSA) is 119 Å². The number of hydrogen-bond donors (Lipinski definition) is 2. The van der Waals surface area contributed by atoms with Crippen LogP contribution >= 0.6 is 0 Å². The van der Waals surface area contributed by atoms with Gasteiger partial charge >= 0.3 is 12.1 Å². The van der Waals surface area contributed by atoms with Gasteiger partial charge in [-0.05, 0) is 57.0 Å². The number of aromatic nitrogens is 3. The van der Waals surface area contributed by atoms with Gasteiger partial charge in [0.1, 0.15) is 17.0 Å². The van der Waals surface area contributed by atoms with E-state index in [1.165, 1.54) is 4.90 Å². The van der Waals surface area contributed by atoms with Gasteiger partial charge in [-0.2, -0.15) is 5.10 Å². The summed E-state index contributed by atoms with van der Waals surface area (Å²) in [5.74, 6) is -0.232. The second kappa shape index (κ2) is 13.7. The van der Waals surface area contributed by atoms with Gasteiger partial charge in [0.05, 0.1) is 30.6 Å². The van der Waals surface area contributed by atoms with Gasteiger partial charge in [-0.3, -0.25) is 4.68 Å². The molecule has 46 heavy (non-hydrogen) atoms. The van der Waals surface area contributed by atoms with Gasteiger partial charge in [0.25, 0.3) is 0 Å². The number of amides is 1. The molecule has 2 heterocycles. The average Bonchev–Trinajstić information content (AvgIpc) is 3.55. The van der Waals surface area contributed by atoms with Gasteiger partial charge in [0, 0.05) is 49.1 Å². The molecule has 0 saturated carbocycles. The van der Waals surface area contributed by atoms with Crippen molar-refractivity contribution in [1.82, 2.24) is 19.2 Å². The smallest absolute Gasteiger partial charge is 0.410 e. The molecule has 0 atom stereocenters. The first-order valence-corrected chi connectivity index (χ1v) is 15.5. The molecule has 0 aliphatic carbocycles. The number of hydrogen-bond acceptors (Lipinski definition) is 6. The molecular formula is C36H42N4O6. The van der Waals surface area contributed by atoms with Crippen LogP contribution in [0, 0.1) is 0 Å². The summed E-state index contributed by atoms with van der Waals surface area (Å²) in [6.07, 6.45) is 2.85. The van der Waals surface area contributed by atoms with Crippen LogP contribution in [-0.2, 0) is 31.4 Å². The molecule has 0 aliphatic rings. The molecule has 5 rings (SSSR count). The predicted octanol–water partition coefficient (Wildman–Crippen LogP) is 6.65. The van der Waals surface area contributed by atoms with E-state index in [0.717, 1.165) is 44.1 Å². The Morgan fingerprint density at radius 1 is 0.957 bits per heavy atom. The van der Waals surface area contributed by atoms with Crippen LogP contribution in [0.3, 0.4) is 0 Å². The SMILES string of the molecule is CN(CCCn1c(C(=O)O)c(CCCOc2cccc3ccccc23)c2cccc(-c3cnn(C)c3CO)c21)C(=O)OC(C)(C)C. The minimum Gasteiger partial charge on any atom is -0.493 e. The van der Waals surface area contributed by atoms with Crippen molar-refractivity contribution in [3.8, 4) is 16.9 Å². The minimum atomic E-state index is -1.03. The molecule has 3 aromatic carbocycles. The summed E-state index contributed by atoms with van der Waals surface area (Å²) in [6, 6.07) is 19.8. The number of benzene rings is 3. The molecule has 0 aliphatic heterocycles. The molecule has 242 valence electrons. The Kier molecular flexibility index (Phi) is 9.67. The van der Waals surface area contributed by atoms with Crippen molar-refractivity contribution in [3.05, 3.63) is 83.8 Å². The first-order valence-electron chi connectivity index (χ1n) is 15.5. The summed E-state index contributed by atoms with van der Waals surface area (Å²) in [7, 11) is 3.45. The van der Waals surface area contributed by atoms with Gasteiger partial charge in [0.2, 0.25) is 0 Å². The largest absolute Gasteiger partial charge is 0.493 e. The van der Waals surface area contributed by atoms with E-state index in [9.17, 15) is 19.8 Å². The summed E-state index contributed by atoms with van der Waals surface area (Å²) in [4.78, 5) is 27.0. The highest BCUT2D eigenvalue weighted by atomic mass is 16.6. The molecule has 5 aromatic rings. The zero-order chi connectivity index (χ0) is 33.0. The van der Waals surface area contributed by atoms with Crippen LogP contribution in [0.15, 0.2) is 66.9 Å². The number of nitrogens with zero attached hydrogens (tertiary/aromatic N) is 4. The number of carboxylic acid groups (broad SMARTS) is 1. The molecule has 2 aromatic heterocycles. The van der Waals surface area contributed by atoms with Crippen LogP contribution in [0.1, 0.15) is 55.4 Å². The van der Waals surface area contributed by atoms with Crippen molar-refractivity contribution >= 4 is 33.7 Å². The number of aliphatic hydroxyl groups is 1. The molecule has 2 N–H and O–H groups in total. The lowest BCUT2D eigenvalue weighted by Gasteiger charge is -2.24. The number of carbonyl (C=O) groups is 2. The highest BCUT2D eigenvalue weighted by molar-refractivity contribution is 6.04. The number of carbonyl (C=O) groups excluding carboxylic acids is 1. The Bertz CT molecular complexity index is 1860. The van der Waals surface area contributed by atoms with E-state index < -0.39 is 17.7 Å². The zero-order valence-electron chi connectivity index (χ0n) is 27.1. The Morgan fingerprint density at radius 3 is 2.41 bits per heavy atom. The maximum Gasteiger partial charge on any atom is 0.410 e. The number of rotatable bonds is 12. The molecule has 0 bridgehead atoms. The van der Waals surface area contributed by atoms with E-state index in [-0.39, 0.29) is 12.3 Å². The Balaban J connectivity index is 1.48. The van der Waals surface area contributed by atoms with Crippen molar-refractivity contribution in [3.63, 3.8) is 0 Å². The lowest BCUT2D eigenvalue weighted by Crippen LogP contribution is -2.35. The van der Waals surface area contributed by atoms with Gasteiger partial charge in [-0.25, -0.2) is 9.59 Å². The van der Waals surface area contributed by atoms with Crippen molar-refractivity contribution in [2.75, 3.05) is 20.2 Å². The number of aliphatic hydroxyl groups excluding tert-OH is 1. The third-order valence-corrected chi connectivity index (χ3v) is 8.05. The molecule has 1 amide bonds. The van der Waals surface area contributed by atoms with Gasteiger partial charge < -0.3 is 29.2 Å². The fourth-order valence-electron chi connectivity index (χ4n) is 5.94. The second-order valence-electron chi connectivity index (χ2n) is 12.5. The van der Waals surface area contributed by atoms with Gasteiger partial charge in [-0.15, -0.1) is 0 Å². The molecule has 0 radical (unpaired) electrons. The Morgan fingerprint density at radius 2 is 1.67 bits per heavy atom. The Hall–Kier alpha value is -4.83. The zero-order valence-corrected chi connectivity index (χ0v) is 27.1. The fraction of sp³-hybridized carbons (Fsp3) is 0.361. The summed E-state index contributed by atoms with van der Waals surface area (Å²) < 4.78 is 15.2. The number of ether oxygens (including phenoxy) is 2. The number of aryl methyl sites for hydroxylation is 3. The first-order chi connectivity index (χ1) is 22.0. The Labute approximate surface area is 268 Å². The van der Waals surface area contributed by atoms with E-state index in [1.807, 2.05) is 86.0 Å². The van der Waals surface area contributed by atoms with Crippen LogP contribution < -0.4 is 4.74 Å². The van der Waals surface area contributed by atoms with E-state index >= 15 is 0 Å². The quantitative estimate of drug-likeness (QED) is 0.149. The summed E-state index contributed by atoms with van der Waals surface area (Å²) in [5, 5.41) is 28.1. The van der Waals surface area contributed by atoms with Gasteiger partial charge in [-0.1, -0.05) is 54.6 Å². The van der Waals surface area contributed by atoms with E-state index in [1.54, 1.807) is 25.0 Å². The molecule has 0 fully saturated rings. The van der Waals surface area contributed by atoms with E-state index in [0.29, 0.717) is 44.7 Å². The van der Waals surface area contributed by atoms with Crippen molar-refractivity contribution in [2.24, 2.45) is 7.05 Å². The number of fused-ring (bicyclic) bond motifs is 2. The third-order valence-electron chi connectivity index (χ3n) is 8.05. The minimum absolute atomic E-state index is 0.210. The molecule has 10 nitrogen and oxygen atoms in total. The lowest BCUT2D eigenvalue weighted by atomic mass is 10.00. The maximum atomic E-state index is 13.0. The van der Waals surface area contributed by atoms with Crippen LogP contribution in [0.5, 0.6) is 5.75 Å². The summed E-state index contributed by atoms with van der Waals surface area (Å²) in [5.41, 5.74) is 3.23. The second-order valence-corrected chi connectivity index (χ2v) is 12.5. The molecule has 0 saturated heterocycles. The molecule has 10 heteroatoms. The third kappa shape index (κ3) is 6.87. The monoisotopic (exact) mass is 626 g/mol. The molecule has 0 unspecified atom stereocenters. The molecular weight excluding hydrogens is 584 g/mol. The normalized spacial score (nSPS) is 11.7. The highest BCUT2D eigenvalue weighted by Gasteiger charge is 2.26. The fourth-order valence-corrected chi connectivity index (χ4v) is 5.94. The first kappa shape index (κ1) is 32.6. The summed E-state index contributed by atoms with van der Waals surface area (Å²) >= 11 is 0. The average molecular weight is 627 g/mol. The van der Waals surface area contributed by atoms with Gasteiger partial charge in [0.15, 0.2) is 0 Å². The highest BCUT2D eigenvalue weighted by Crippen LogP contribution is 2.37. The molecule has 0 spiro atoms. The summed E-state index contributed by atoms with van der Waals surface area (Å²) in [6.45, 7) is 6.38. The van der Waals surface area contributed by atoms with Crippen molar-refractivity contribution in [1.29, 1.82) is 0 Å². The van der Waals surface area contributed by atoms with E-state index in [4.69, 9.17) is 9.47 Å². The van der Waals surface area contributed by atoms with E-state index in [2.05, 4.69) is 5.10 Å². The lowest BCUT2D eigenvalue weighted by molar-refractivity contribution is 0.0294. The maximum absolute atomic E-state index is 13.0. The van der Waals surface area contributed by atoms with Crippen molar-refractivity contribution in [2.45, 2.75) is 58.8 Å². The van der Waals surface area contributed by atoms with Crippen LogP contribution in [0.4, 0.5) is 4.79 Å². The number of para-hydroxylation sites is 1. The number of carboxylic acids is 1.